The van der Waals surface area contributed by atoms with Crippen LogP contribution in [0.4, 0.5) is 5.82 Å². The Balaban J connectivity index is 2.25. The van der Waals surface area contributed by atoms with Crippen LogP contribution in [0.3, 0.4) is 0 Å². The fourth-order valence-corrected chi connectivity index (χ4v) is 1.27. The average molecular weight is 212 g/mol. The first-order valence-electron chi connectivity index (χ1n) is 4.60. The van der Waals surface area contributed by atoms with Crippen molar-refractivity contribution in [1.29, 1.82) is 5.26 Å². The first-order valence-corrected chi connectivity index (χ1v) is 4.60. The van der Waals surface area contributed by atoms with Gasteiger partial charge in [0, 0.05) is 18.6 Å². The second-order valence-corrected chi connectivity index (χ2v) is 3.07. The molecule has 2 N–H and O–H groups in total. The third-order valence-corrected chi connectivity index (χ3v) is 2.03. The Morgan fingerprint density at radius 1 is 1.50 bits per heavy atom. The highest BCUT2D eigenvalue weighted by atomic mass is 16.1. The van der Waals surface area contributed by atoms with Crippen molar-refractivity contribution in [1.82, 2.24) is 9.97 Å². The van der Waals surface area contributed by atoms with E-state index < -0.39 is 0 Å². The lowest BCUT2D eigenvalue weighted by atomic mass is 10.1. The highest BCUT2D eigenvalue weighted by Gasteiger charge is 2.11. The Kier molecular flexibility index (Phi) is 2.65. The second kappa shape index (κ2) is 4.28. The van der Waals surface area contributed by atoms with Crippen molar-refractivity contribution in [2.75, 3.05) is 5.32 Å². The first-order chi connectivity index (χ1) is 7.81. The number of nitrogens with zero attached hydrogens (tertiary/aromatic N) is 2. The number of anilines is 1. The summed E-state index contributed by atoms with van der Waals surface area (Å²) in [5, 5.41) is 11.5. The van der Waals surface area contributed by atoms with Crippen LogP contribution in [0.15, 0.2) is 36.8 Å². The molecular formula is C11H8N4O. The molecule has 5 nitrogen and oxygen atoms in total. The molecule has 2 heterocycles. The zero-order chi connectivity index (χ0) is 11.4. The van der Waals surface area contributed by atoms with Crippen LogP contribution in [0.1, 0.15) is 15.9 Å². The predicted molar refractivity (Wildman–Crippen MR) is 57.7 cm³/mol. The van der Waals surface area contributed by atoms with Crippen LogP contribution in [0.5, 0.6) is 0 Å². The van der Waals surface area contributed by atoms with Crippen LogP contribution in [0.25, 0.3) is 0 Å². The van der Waals surface area contributed by atoms with Crippen LogP contribution < -0.4 is 5.32 Å². The lowest BCUT2D eigenvalue weighted by Gasteiger charge is -2.03. The van der Waals surface area contributed by atoms with Gasteiger partial charge in [-0.15, -0.1) is 0 Å². The maximum absolute atomic E-state index is 11.8. The molecule has 16 heavy (non-hydrogen) atoms. The molecule has 2 aromatic rings. The molecule has 5 heteroatoms. The molecular weight excluding hydrogens is 204 g/mol. The summed E-state index contributed by atoms with van der Waals surface area (Å²) in [6.45, 7) is 0. The summed E-state index contributed by atoms with van der Waals surface area (Å²) < 4.78 is 0. The van der Waals surface area contributed by atoms with Gasteiger partial charge in [0.1, 0.15) is 11.9 Å². The number of aromatic amines is 1. The molecule has 0 fully saturated rings. The Labute approximate surface area is 91.8 Å². The SMILES string of the molecule is N#Cc1ccncc1C(=O)Nc1ccc[nH]1. The van der Waals surface area contributed by atoms with E-state index in [0.29, 0.717) is 11.4 Å². The molecule has 0 unspecified atom stereocenters. The van der Waals surface area contributed by atoms with Gasteiger partial charge < -0.3 is 10.3 Å². The molecule has 0 spiro atoms. The minimum absolute atomic E-state index is 0.264. The lowest BCUT2D eigenvalue weighted by Crippen LogP contribution is -2.14. The van der Waals surface area contributed by atoms with Crippen molar-refractivity contribution < 1.29 is 4.79 Å². The Bertz CT molecular complexity index is 539. The smallest absolute Gasteiger partial charge is 0.259 e. The molecule has 0 aliphatic carbocycles. The number of hydrogen-bond acceptors (Lipinski definition) is 3. The molecule has 0 bridgehead atoms. The summed E-state index contributed by atoms with van der Waals surface area (Å²) in [7, 11) is 0. The van der Waals surface area contributed by atoms with Crippen LogP contribution >= 0.6 is 0 Å². The standard InChI is InChI=1S/C11H8N4O/c12-6-8-3-5-13-7-9(8)11(16)15-10-2-1-4-14-10/h1-5,7,14H,(H,15,16). The molecule has 0 aromatic carbocycles. The maximum atomic E-state index is 11.8. The van der Waals surface area contributed by atoms with Gasteiger partial charge >= 0.3 is 0 Å². The van der Waals surface area contributed by atoms with Crippen molar-refractivity contribution in [3.63, 3.8) is 0 Å². The van der Waals surface area contributed by atoms with E-state index in [9.17, 15) is 4.79 Å². The number of carbonyl (C=O) groups excluding carboxylic acids is 1. The van der Waals surface area contributed by atoms with Crippen molar-refractivity contribution in [3.05, 3.63) is 47.9 Å². The number of H-pyrrole nitrogens is 1. The van der Waals surface area contributed by atoms with Crippen molar-refractivity contribution in [3.8, 4) is 6.07 Å². The molecule has 0 saturated carbocycles. The van der Waals surface area contributed by atoms with E-state index >= 15 is 0 Å². The van der Waals surface area contributed by atoms with Gasteiger partial charge in [0.05, 0.1) is 11.1 Å². The van der Waals surface area contributed by atoms with E-state index in [1.54, 1.807) is 18.3 Å². The zero-order valence-corrected chi connectivity index (χ0v) is 8.27. The average Bonchev–Trinajstić information content (AvgIpc) is 2.81. The van der Waals surface area contributed by atoms with Crippen molar-refractivity contribution in [2.24, 2.45) is 0 Å². The van der Waals surface area contributed by atoms with Crippen molar-refractivity contribution in [2.45, 2.75) is 0 Å². The third-order valence-electron chi connectivity index (χ3n) is 2.03. The minimum atomic E-state index is -0.355. The van der Waals surface area contributed by atoms with Gasteiger partial charge in [0.2, 0.25) is 0 Å². The normalized spacial score (nSPS) is 9.44. The number of hydrogen-bond donors (Lipinski definition) is 2. The van der Waals surface area contributed by atoms with Gasteiger partial charge in [-0.1, -0.05) is 0 Å². The van der Waals surface area contributed by atoms with Gasteiger partial charge in [-0.2, -0.15) is 5.26 Å². The topological polar surface area (TPSA) is 81.6 Å². The number of aromatic nitrogens is 2. The number of amides is 1. The van der Waals surface area contributed by atoms with E-state index in [1.165, 1.54) is 18.5 Å². The molecule has 0 radical (unpaired) electrons. The monoisotopic (exact) mass is 212 g/mol. The molecule has 78 valence electrons. The summed E-state index contributed by atoms with van der Waals surface area (Å²) in [6.07, 6.45) is 4.55. The maximum Gasteiger partial charge on any atom is 0.259 e. The molecule has 1 amide bonds. The molecule has 0 aliphatic rings. The summed E-state index contributed by atoms with van der Waals surface area (Å²) in [5.74, 6) is 0.227. The van der Waals surface area contributed by atoms with Crippen LogP contribution in [-0.4, -0.2) is 15.9 Å². The van der Waals surface area contributed by atoms with Crippen LogP contribution in [0, 0.1) is 11.3 Å². The minimum Gasteiger partial charge on any atom is -0.348 e. The predicted octanol–water partition coefficient (Wildman–Crippen LogP) is 1.53. The molecule has 0 atom stereocenters. The number of pyridine rings is 1. The number of nitrogens with one attached hydrogen (secondary N) is 2. The van der Waals surface area contributed by atoms with E-state index in [-0.39, 0.29) is 11.5 Å². The quantitative estimate of drug-likeness (QED) is 0.792. The van der Waals surface area contributed by atoms with E-state index in [4.69, 9.17) is 5.26 Å². The fourth-order valence-electron chi connectivity index (χ4n) is 1.27. The molecule has 0 aliphatic heterocycles. The summed E-state index contributed by atoms with van der Waals surface area (Å²) >= 11 is 0. The second-order valence-electron chi connectivity index (χ2n) is 3.07. The largest absolute Gasteiger partial charge is 0.348 e. The molecule has 2 rings (SSSR count). The van der Waals surface area contributed by atoms with Crippen LogP contribution in [-0.2, 0) is 0 Å². The summed E-state index contributed by atoms with van der Waals surface area (Å²) in [6, 6.07) is 6.94. The van der Waals surface area contributed by atoms with Gasteiger partial charge in [0.15, 0.2) is 0 Å². The molecule has 0 saturated heterocycles. The van der Waals surface area contributed by atoms with Gasteiger partial charge in [-0.25, -0.2) is 0 Å². The molecule has 2 aromatic heterocycles. The van der Waals surface area contributed by atoms with Gasteiger partial charge in [0.25, 0.3) is 5.91 Å². The highest BCUT2D eigenvalue weighted by Crippen LogP contribution is 2.09. The fraction of sp³-hybridized carbons (Fsp3) is 0. The van der Waals surface area contributed by atoms with E-state index in [0.717, 1.165) is 0 Å². The first kappa shape index (κ1) is 9.93. The van der Waals surface area contributed by atoms with E-state index in [2.05, 4.69) is 15.3 Å². The number of carbonyl (C=O) groups is 1. The zero-order valence-electron chi connectivity index (χ0n) is 8.27. The summed E-state index contributed by atoms with van der Waals surface area (Å²) in [4.78, 5) is 18.4. The van der Waals surface area contributed by atoms with E-state index in [1.807, 2.05) is 6.07 Å². The van der Waals surface area contributed by atoms with Gasteiger partial charge in [-0.3, -0.25) is 9.78 Å². The Morgan fingerprint density at radius 3 is 3.06 bits per heavy atom. The van der Waals surface area contributed by atoms with Crippen LogP contribution in [0.2, 0.25) is 0 Å². The summed E-state index contributed by atoms with van der Waals surface area (Å²) in [5.41, 5.74) is 0.568. The highest BCUT2D eigenvalue weighted by molar-refractivity contribution is 6.05. The Hall–Kier alpha value is -2.61. The number of nitriles is 1. The lowest BCUT2D eigenvalue weighted by molar-refractivity contribution is 0.102. The Morgan fingerprint density at radius 2 is 2.38 bits per heavy atom. The third kappa shape index (κ3) is 1.91. The van der Waals surface area contributed by atoms with Crippen molar-refractivity contribution >= 4 is 11.7 Å². The number of rotatable bonds is 2. The van der Waals surface area contributed by atoms with Gasteiger partial charge in [-0.05, 0) is 18.2 Å².